The number of ether oxygens (including phenoxy) is 2. The van der Waals surface area contributed by atoms with Crippen molar-refractivity contribution in [3.05, 3.63) is 75.0 Å². The van der Waals surface area contributed by atoms with Gasteiger partial charge in [-0.3, -0.25) is 14.9 Å². The molecule has 0 saturated carbocycles. The molecule has 168 valence electrons. The minimum Gasteiger partial charge on any atom is -0.504 e. The lowest BCUT2D eigenvalue weighted by atomic mass is 9.89. The number of esters is 1. The molecular formula is C20H16N6O7. The van der Waals surface area contributed by atoms with Crippen LogP contribution in [0.15, 0.2) is 53.7 Å². The Kier molecular flexibility index (Phi) is 5.44. The zero-order valence-corrected chi connectivity index (χ0v) is 17.3. The summed E-state index contributed by atoms with van der Waals surface area (Å²) in [5, 5.41) is 35.3. The second kappa shape index (κ2) is 8.37. The quantitative estimate of drug-likeness (QED) is 0.241. The second-order valence-electron chi connectivity index (χ2n) is 6.82. The Hall–Kier alpha value is -4.81. The molecule has 3 aromatic rings. The predicted molar refractivity (Wildman–Crippen MR) is 111 cm³/mol. The van der Waals surface area contributed by atoms with Crippen LogP contribution >= 0.6 is 0 Å². The van der Waals surface area contributed by atoms with E-state index in [-0.39, 0.29) is 40.0 Å². The molecule has 13 nitrogen and oxygen atoms in total. The van der Waals surface area contributed by atoms with E-state index >= 15 is 0 Å². The Morgan fingerprint density at radius 3 is 2.70 bits per heavy atom. The van der Waals surface area contributed by atoms with Crippen molar-refractivity contribution in [3.8, 4) is 11.5 Å². The first-order chi connectivity index (χ1) is 15.8. The highest BCUT2D eigenvalue weighted by atomic mass is 16.6. The molecule has 33 heavy (non-hydrogen) atoms. The number of carbonyl (C=O) groups excluding carboxylic acids is 2. The molecule has 2 aromatic carbocycles. The number of rotatable bonds is 6. The Morgan fingerprint density at radius 1 is 1.21 bits per heavy atom. The number of benzene rings is 2. The van der Waals surface area contributed by atoms with Crippen molar-refractivity contribution in [1.82, 2.24) is 20.2 Å². The molecule has 4 rings (SSSR count). The number of anilines is 1. The molecule has 0 fully saturated rings. The summed E-state index contributed by atoms with van der Waals surface area (Å²) in [5.41, 5.74) is -0.274. The lowest BCUT2D eigenvalue weighted by molar-refractivity contribution is -0.384. The maximum absolute atomic E-state index is 13.7. The summed E-state index contributed by atoms with van der Waals surface area (Å²) in [6, 6.07) is 8.38. The number of hydrogen-bond donors (Lipinski definition) is 2. The van der Waals surface area contributed by atoms with E-state index in [4.69, 9.17) is 9.47 Å². The number of hydrogen-bond acceptors (Lipinski definition) is 11. The normalized spacial score (nSPS) is 14.8. The van der Waals surface area contributed by atoms with Gasteiger partial charge in [0.25, 0.3) is 5.69 Å². The fourth-order valence-electron chi connectivity index (χ4n) is 3.48. The first-order valence-electron chi connectivity index (χ1n) is 9.39. The topological polar surface area (TPSA) is 172 Å². The van der Waals surface area contributed by atoms with Crippen LogP contribution in [0.25, 0.3) is 0 Å². The average Bonchev–Trinajstić information content (AvgIpc) is 3.30. The van der Waals surface area contributed by atoms with Crippen LogP contribution in [0, 0.1) is 10.1 Å². The van der Waals surface area contributed by atoms with Crippen LogP contribution in [0.2, 0.25) is 0 Å². The van der Waals surface area contributed by atoms with Crippen molar-refractivity contribution < 1.29 is 29.1 Å². The highest BCUT2D eigenvalue weighted by Crippen LogP contribution is 2.39. The predicted octanol–water partition coefficient (Wildman–Crippen LogP) is 1.62. The van der Waals surface area contributed by atoms with E-state index in [1.807, 2.05) is 0 Å². The van der Waals surface area contributed by atoms with Gasteiger partial charge in [-0.05, 0) is 28.1 Å². The number of aromatic hydroxyl groups is 1. The average molecular weight is 452 g/mol. The van der Waals surface area contributed by atoms with Crippen LogP contribution in [0.1, 0.15) is 22.0 Å². The molecule has 1 aliphatic rings. The molecule has 0 amide bonds. The number of allylic oxidation sites excluding steroid dienone is 1. The van der Waals surface area contributed by atoms with Crippen molar-refractivity contribution in [2.24, 2.45) is 0 Å². The van der Waals surface area contributed by atoms with Gasteiger partial charge in [-0.1, -0.05) is 23.3 Å². The first kappa shape index (κ1) is 21.4. The van der Waals surface area contributed by atoms with Gasteiger partial charge in [0.2, 0.25) is 5.95 Å². The second-order valence-corrected chi connectivity index (χ2v) is 6.82. The molecule has 13 heteroatoms. The Labute approximate surface area is 185 Å². The molecule has 0 spiro atoms. The first-order valence-corrected chi connectivity index (χ1v) is 9.39. The number of phenols is 1. The molecule has 1 aromatic heterocycles. The lowest BCUT2D eigenvalue weighted by Crippen LogP contribution is -2.33. The third kappa shape index (κ3) is 3.71. The lowest BCUT2D eigenvalue weighted by Gasteiger charge is -2.28. The van der Waals surface area contributed by atoms with Gasteiger partial charge < -0.3 is 19.9 Å². The van der Waals surface area contributed by atoms with E-state index in [0.717, 1.165) is 13.2 Å². The van der Waals surface area contributed by atoms with Gasteiger partial charge in [0, 0.05) is 17.7 Å². The van der Waals surface area contributed by atoms with E-state index in [2.05, 4.69) is 20.8 Å². The maximum Gasteiger partial charge on any atom is 0.355 e. The van der Waals surface area contributed by atoms with Crippen molar-refractivity contribution in [2.45, 2.75) is 6.04 Å². The van der Waals surface area contributed by atoms with Crippen molar-refractivity contribution in [3.63, 3.8) is 0 Å². The summed E-state index contributed by atoms with van der Waals surface area (Å²) >= 11 is 0. The summed E-state index contributed by atoms with van der Waals surface area (Å²) < 4.78 is 11.3. The molecule has 0 radical (unpaired) electrons. The molecule has 0 saturated heterocycles. The molecular weight excluding hydrogens is 436 g/mol. The number of nitro groups is 1. The van der Waals surface area contributed by atoms with E-state index in [0.29, 0.717) is 5.56 Å². The monoisotopic (exact) mass is 452 g/mol. The number of non-ortho nitro benzene ring substituents is 1. The number of ketones is 1. The number of nitrogens with zero attached hydrogens (tertiary/aromatic N) is 5. The van der Waals surface area contributed by atoms with Gasteiger partial charge in [-0.2, -0.15) is 4.68 Å². The Bertz CT molecular complexity index is 1320. The van der Waals surface area contributed by atoms with Crippen LogP contribution in [-0.4, -0.2) is 56.2 Å². The van der Waals surface area contributed by atoms with Gasteiger partial charge in [-0.15, -0.1) is 0 Å². The number of nitro benzene ring substituents is 1. The van der Waals surface area contributed by atoms with E-state index in [1.165, 1.54) is 48.2 Å². The Morgan fingerprint density at radius 2 is 2.00 bits per heavy atom. The van der Waals surface area contributed by atoms with Gasteiger partial charge in [-0.25, -0.2) is 4.79 Å². The molecule has 2 N–H and O–H groups in total. The van der Waals surface area contributed by atoms with E-state index < -0.39 is 22.7 Å². The fourth-order valence-corrected chi connectivity index (χ4v) is 3.48. The largest absolute Gasteiger partial charge is 0.504 e. The number of nitrogens with one attached hydrogen (secondary N) is 1. The number of tetrazole rings is 1. The zero-order valence-electron chi connectivity index (χ0n) is 17.3. The van der Waals surface area contributed by atoms with E-state index in [9.17, 15) is 24.8 Å². The minimum absolute atomic E-state index is 0.0327. The summed E-state index contributed by atoms with van der Waals surface area (Å²) in [4.78, 5) is 36.9. The standard InChI is InChI=1S/C20H16N6O7/c1-32-14-9-10(6-7-13(14)27)17-15(18(28)11-4-3-5-12(8-11)26(30)31)16(19(29)33-2)21-20-22-23-24-25(17)20/h3-9,17,27H,1-2H3,(H,21,22,24)/t17-/m1/s1. The fraction of sp³-hybridized carbons (Fsp3) is 0.150. The molecule has 1 atom stereocenters. The summed E-state index contributed by atoms with van der Waals surface area (Å²) in [7, 11) is 2.50. The number of fused-ring (bicyclic) bond motifs is 1. The molecule has 0 aliphatic carbocycles. The molecule has 1 aliphatic heterocycles. The number of carbonyl (C=O) groups is 2. The van der Waals surface area contributed by atoms with E-state index in [1.54, 1.807) is 0 Å². The number of Topliss-reactive ketones (excluding diaryl/α,β-unsaturated/α-hetero) is 1. The smallest absolute Gasteiger partial charge is 0.355 e. The van der Waals surface area contributed by atoms with Gasteiger partial charge in [0.1, 0.15) is 11.7 Å². The van der Waals surface area contributed by atoms with Crippen molar-refractivity contribution in [2.75, 3.05) is 19.5 Å². The van der Waals surface area contributed by atoms with Gasteiger partial charge in [0.05, 0.1) is 24.7 Å². The highest BCUT2D eigenvalue weighted by molar-refractivity contribution is 6.15. The third-order valence-electron chi connectivity index (χ3n) is 4.99. The van der Waals surface area contributed by atoms with Crippen LogP contribution in [0.4, 0.5) is 11.6 Å². The Balaban J connectivity index is 1.96. The molecule has 0 bridgehead atoms. The molecule has 2 heterocycles. The van der Waals surface area contributed by atoms with Crippen LogP contribution in [0.5, 0.6) is 11.5 Å². The van der Waals surface area contributed by atoms with Crippen LogP contribution in [-0.2, 0) is 9.53 Å². The molecule has 0 unspecified atom stereocenters. The summed E-state index contributed by atoms with van der Waals surface area (Å²) in [5.74, 6) is -1.53. The van der Waals surface area contributed by atoms with Gasteiger partial charge >= 0.3 is 5.97 Å². The number of aromatic nitrogens is 4. The minimum atomic E-state index is -1.05. The SMILES string of the molecule is COC(=O)C1=C(C(=O)c2cccc([N+](=O)[O-])c2)[C@@H](c2ccc(O)c(OC)c2)n2nnnc2N1. The summed E-state index contributed by atoms with van der Waals surface area (Å²) in [6.45, 7) is 0. The highest BCUT2D eigenvalue weighted by Gasteiger charge is 2.39. The van der Waals surface area contributed by atoms with Crippen LogP contribution in [0.3, 0.4) is 0 Å². The van der Waals surface area contributed by atoms with Crippen molar-refractivity contribution in [1.29, 1.82) is 0 Å². The third-order valence-corrected chi connectivity index (χ3v) is 4.99. The summed E-state index contributed by atoms with van der Waals surface area (Å²) in [6.07, 6.45) is 0. The van der Waals surface area contributed by atoms with Gasteiger partial charge in [0.15, 0.2) is 17.3 Å². The van der Waals surface area contributed by atoms with Crippen molar-refractivity contribution >= 4 is 23.4 Å². The number of methoxy groups -OCH3 is 2. The maximum atomic E-state index is 13.7. The number of phenolic OH excluding ortho intramolecular Hbond substituents is 1. The van der Waals surface area contributed by atoms with Crippen LogP contribution < -0.4 is 10.1 Å². The zero-order chi connectivity index (χ0) is 23.7.